The highest BCUT2D eigenvalue weighted by molar-refractivity contribution is 6.29. The molecule has 0 radical (unpaired) electrons. The van der Waals surface area contributed by atoms with E-state index in [1.54, 1.807) is 17.0 Å². The maximum Gasteiger partial charge on any atom is 0.288 e. The van der Waals surface area contributed by atoms with Gasteiger partial charge in [-0.3, -0.25) is 4.79 Å². The minimum atomic E-state index is -0.193. The van der Waals surface area contributed by atoms with Crippen molar-refractivity contribution in [1.29, 1.82) is 0 Å². The van der Waals surface area contributed by atoms with Crippen molar-refractivity contribution in [2.75, 3.05) is 0 Å². The van der Waals surface area contributed by atoms with Crippen molar-refractivity contribution in [3.63, 3.8) is 0 Å². The van der Waals surface area contributed by atoms with Crippen LogP contribution in [0.4, 0.5) is 0 Å². The first kappa shape index (κ1) is 11.2. The van der Waals surface area contributed by atoms with Gasteiger partial charge in [0.2, 0.25) is 0 Å². The van der Waals surface area contributed by atoms with E-state index in [9.17, 15) is 4.79 Å². The summed E-state index contributed by atoms with van der Waals surface area (Å²) in [5.41, 5.74) is -0.193. The number of hydrogen-bond acceptors (Lipinski definition) is 2. The van der Waals surface area contributed by atoms with Crippen molar-refractivity contribution in [1.82, 2.24) is 9.55 Å². The summed E-state index contributed by atoms with van der Waals surface area (Å²) in [4.78, 5) is 15.2. The zero-order valence-electron chi connectivity index (χ0n) is 8.53. The fraction of sp³-hybridized carbons (Fsp3) is 0.600. The molecule has 0 N–H and O–H groups in total. The normalized spacial score (nSPS) is 10.9. The van der Waals surface area contributed by atoms with Crippen molar-refractivity contribution in [3.8, 4) is 0 Å². The second-order valence-corrected chi connectivity index (χ2v) is 3.72. The van der Waals surface area contributed by atoms with E-state index < -0.39 is 0 Å². The van der Waals surface area contributed by atoms with Crippen molar-refractivity contribution >= 4 is 11.6 Å². The summed E-state index contributed by atoms with van der Waals surface area (Å²) < 4.78 is 1.63. The van der Waals surface area contributed by atoms with Crippen LogP contribution in [0.15, 0.2) is 17.2 Å². The molecule has 0 amide bonds. The van der Waals surface area contributed by atoms with Crippen LogP contribution < -0.4 is 5.56 Å². The lowest BCUT2D eigenvalue weighted by Gasteiger charge is -2.13. The van der Waals surface area contributed by atoms with Crippen LogP contribution >= 0.6 is 11.6 Å². The van der Waals surface area contributed by atoms with Gasteiger partial charge in [0.1, 0.15) is 0 Å². The minimum Gasteiger partial charge on any atom is -0.311 e. The molecule has 0 unspecified atom stereocenters. The van der Waals surface area contributed by atoms with Gasteiger partial charge in [0.25, 0.3) is 5.56 Å². The van der Waals surface area contributed by atoms with Gasteiger partial charge >= 0.3 is 0 Å². The smallest absolute Gasteiger partial charge is 0.288 e. The minimum absolute atomic E-state index is 0.0541. The van der Waals surface area contributed by atoms with E-state index >= 15 is 0 Å². The van der Waals surface area contributed by atoms with E-state index in [0.717, 1.165) is 19.4 Å². The first-order valence-electron chi connectivity index (χ1n) is 4.90. The molecule has 1 rings (SSSR count). The predicted molar refractivity (Wildman–Crippen MR) is 57.6 cm³/mol. The number of nitrogens with zero attached hydrogens (tertiary/aromatic N) is 2. The summed E-state index contributed by atoms with van der Waals surface area (Å²) in [6.07, 6.45) is 5.39. The van der Waals surface area contributed by atoms with Crippen LogP contribution in [0.5, 0.6) is 0 Å². The molecular formula is C10H15ClN2O. The predicted octanol–water partition coefficient (Wildman–Crippen LogP) is 2.33. The van der Waals surface area contributed by atoms with Crippen molar-refractivity contribution < 1.29 is 0 Å². The average Bonchev–Trinajstić information content (AvgIpc) is 2.20. The van der Waals surface area contributed by atoms with E-state index in [1.807, 2.05) is 0 Å². The molecule has 1 aromatic heterocycles. The number of rotatable bonds is 4. The highest BCUT2D eigenvalue weighted by Crippen LogP contribution is 2.09. The van der Waals surface area contributed by atoms with E-state index in [0.29, 0.717) is 5.92 Å². The second kappa shape index (κ2) is 5.15. The largest absolute Gasteiger partial charge is 0.311 e. The summed E-state index contributed by atoms with van der Waals surface area (Å²) in [6.45, 7) is 4.98. The molecule has 0 aromatic carbocycles. The van der Waals surface area contributed by atoms with E-state index in [1.165, 1.54) is 0 Å². The van der Waals surface area contributed by atoms with E-state index in [-0.39, 0.29) is 10.7 Å². The average molecular weight is 215 g/mol. The third kappa shape index (κ3) is 2.58. The van der Waals surface area contributed by atoms with Crippen molar-refractivity contribution in [3.05, 3.63) is 27.9 Å². The monoisotopic (exact) mass is 214 g/mol. The molecule has 0 bridgehead atoms. The molecule has 0 saturated heterocycles. The summed E-state index contributed by atoms with van der Waals surface area (Å²) in [6, 6.07) is 0. The van der Waals surface area contributed by atoms with Crippen LogP contribution in [-0.4, -0.2) is 9.55 Å². The van der Waals surface area contributed by atoms with Crippen LogP contribution in [0.3, 0.4) is 0 Å². The molecular weight excluding hydrogens is 200 g/mol. The molecule has 0 aliphatic heterocycles. The van der Waals surface area contributed by atoms with E-state index in [2.05, 4.69) is 18.8 Å². The fourth-order valence-electron chi connectivity index (χ4n) is 1.39. The molecule has 3 nitrogen and oxygen atoms in total. The van der Waals surface area contributed by atoms with Gasteiger partial charge in [-0.15, -0.1) is 0 Å². The topological polar surface area (TPSA) is 34.9 Å². The Labute approximate surface area is 88.7 Å². The first-order chi connectivity index (χ1) is 6.69. The van der Waals surface area contributed by atoms with E-state index in [4.69, 9.17) is 11.6 Å². The lowest BCUT2D eigenvalue weighted by Crippen LogP contribution is -2.24. The van der Waals surface area contributed by atoms with Gasteiger partial charge in [-0.1, -0.05) is 38.3 Å². The number of aromatic nitrogens is 2. The van der Waals surface area contributed by atoms with Gasteiger partial charge in [0.15, 0.2) is 5.15 Å². The highest BCUT2D eigenvalue weighted by Gasteiger charge is 2.07. The molecule has 1 heterocycles. The Balaban J connectivity index is 2.86. The third-order valence-corrected chi connectivity index (χ3v) is 2.74. The molecule has 1 aromatic rings. The van der Waals surface area contributed by atoms with Crippen LogP contribution in [-0.2, 0) is 6.54 Å². The Bertz CT molecular complexity index is 344. The maximum atomic E-state index is 11.5. The Kier molecular flexibility index (Phi) is 4.14. The zero-order valence-corrected chi connectivity index (χ0v) is 9.29. The zero-order chi connectivity index (χ0) is 10.6. The highest BCUT2D eigenvalue weighted by atomic mass is 35.5. The molecule has 0 saturated carbocycles. The van der Waals surface area contributed by atoms with Crippen LogP contribution in [0, 0.1) is 5.92 Å². The first-order valence-corrected chi connectivity index (χ1v) is 5.27. The lowest BCUT2D eigenvalue weighted by atomic mass is 10.0. The van der Waals surface area contributed by atoms with Crippen molar-refractivity contribution in [2.45, 2.75) is 33.2 Å². The number of halogens is 1. The second-order valence-electron chi connectivity index (χ2n) is 3.36. The van der Waals surface area contributed by atoms with Gasteiger partial charge in [0.05, 0.1) is 0 Å². The standard InChI is InChI=1S/C10H15ClN2O/c1-3-8(4-2)7-13-6-5-12-9(11)10(13)14/h5-6,8H,3-4,7H2,1-2H3. The Morgan fingerprint density at radius 2 is 2.14 bits per heavy atom. The van der Waals surface area contributed by atoms with Gasteiger partial charge in [-0.05, 0) is 5.92 Å². The maximum absolute atomic E-state index is 11.5. The summed E-state index contributed by atoms with van der Waals surface area (Å²) >= 11 is 5.64. The molecule has 14 heavy (non-hydrogen) atoms. The Morgan fingerprint density at radius 3 is 2.71 bits per heavy atom. The summed E-state index contributed by atoms with van der Waals surface area (Å²) in [7, 11) is 0. The summed E-state index contributed by atoms with van der Waals surface area (Å²) in [5.74, 6) is 0.533. The van der Waals surface area contributed by atoms with Gasteiger partial charge in [0, 0.05) is 18.9 Å². The fourth-order valence-corrected chi connectivity index (χ4v) is 1.55. The third-order valence-electron chi connectivity index (χ3n) is 2.48. The quantitative estimate of drug-likeness (QED) is 0.771. The molecule has 0 aliphatic rings. The SMILES string of the molecule is CCC(CC)Cn1ccnc(Cl)c1=O. The molecule has 0 aliphatic carbocycles. The van der Waals surface area contributed by atoms with Crippen LogP contribution in [0.1, 0.15) is 26.7 Å². The van der Waals surface area contributed by atoms with Gasteiger partial charge in [-0.25, -0.2) is 4.98 Å². The molecule has 0 atom stereocenters. The van der Waals surface area contributed by atoms with Crippen LogP contribution in [0.2, 0.25) is 5.15 Å². The Morgan fingerprint density at radius 1 is 1.50 bits per heavy atom. The van der Waals surface area contributed by atoms with Gasteiger partial charge < -0.3 is 4.57 Å². The molecule has 78 valence electrons. The molecule has 4 heteroatoms. The summed E-state index contributed by atoms with van der Waals surface area (Å²) in [5, 5.41) is 0.0541. The Hall–Kier alpha value is -0.830. The van der Waals surface area contributed by atoms with Crippen molar-refractivity contribution in [2.24, 2.45) is 5.92 Å². The molecule has 0 spiro atoms. The lowest BCUT2D eigenvalue weighted by molar-refractivity contribution is 0.411. The van der Waals surface area contributed by atoms with Crippen LogP contribution in [0.25, 0.3) is 0 Å². The number of hydrogen-bond donors (Lipinski definition) is 0. The molecule has 0 fully saturated rings. The van der Waals surface area contributed by atoms with Gasteiger partial charge in [-0.2, -0.15) is 0 Å².